The summed E-state index contributed by atoms with van der Waals surface area (Å²) in [6.45, 7) is 0. The first kappa shape index (κ1) is 12.9. The predicted octanol–water partition coefficient (Wildman–Crippen LogP) is 3.28. The topological polar surface area (TPSA) is 93.6 Å². The standard InChI is InChI=1S/C15H9NO5/c17-9-5-6-14-11(7-9)12(8-21-14)15(18)10-3-1-2-4-13(10)16(19)20/h1-8,17H. The van der Waals surface area contributed by atoms with Crippen LogP contribution in [0.4, 0.5) is 5.69 Å². The first-order chi connectivity index (χ1) is 10.1. The normalized spacial score (nSPS) is 10.7. The number of furan rings is 1. The van der Waals surface area contributed by atoms with Gasteiger partial charge in [0.05, 0.1) is 10.5 Å². The maximum absolute atomic E-state index is 12.5. The molecular weight excluding hydrogens is 274 g/mol. The number of hydrogen-bond donors (Lipinski definition) is 1. The maximum Gasteiger partial charge on any atom is 0.280 e. The lowest BCUT2D eigenvalue weighted by Gasteiger charge is -2.01. The van der Waals surface area contributed by atoms with Gasteiger partial charge < -0.3 is 9.52 Å². The SMILES string of the molecule is O=C(c1ccccc1[N+](=O)[O-])c1coc2ccc(O)cc12. The number of nitro benzene ring substituents is 1. The second kappa shape index (κ2) is 4.75. The largest absolute Gasteiger partial charge is 0.508 e. The Morgan fingerprint density at radius 2 is 1.90 bits per heavy atom. The fourth-order valence-corrected chi connectivity index (χ4v) is 2.16. The highest BCUT2D eigenvalue weighted by Gasteiger charge is 2.23. The van der Waals surface area contributed by atoms with Crippen LogP contribution in [0.25, 0.3) is 11.0 Å². The zero-order valence-corrected chi connectivity index (χ0v) is 10.6. The Balaban J connectivity index is 2.18. The first-order valence-electron chi connectivity index (χ1n) is 6.06. The number of carbonyl (C=O) groups excluding carboxylic acids is 1. The van der Waals surface area contributed by atoms with Gasteiger partial charge in [-0.2, -0.15) is 0 Å². The average Bonchev–Trinajstić information content (AvgIpc) is 2.89. The van der Waals surface area contributed by atoms with Crippen LogP contribution in [0.15, 0.2) is 53.1 Å². The van der Waals surface area contributed by atoms with Crippen molar-refractivity contribution in [2.45, 2.75) is 0 Å². The van der Waals surface area contributed by atoms with E-state index in [0.29, 0.717) is 11.0 Å². The molecule has 0 unspecified atom stereocenters. The number of phenolic OH excluding ortho intramolecular Hbond substituents is 1. The Morgan fingerprint density at radius 3 is 2.67 bits per heavy atom. The lowest BCUT2D eigenvalue weighted by atomic mass is 10.0. The van der Waals surface area contributed by atoms with Gasteiger partial charge in [-0.1, -0.05) is 12.1 Å². The van der Waals surface area contributed by atoms with Gasteiger partial charge in [0.25, 0.3) is 5.69 Å². The second-order valence-electron chi connectivity index (χ2n) is 4.43. The van der Waals surface area contributed by atoms with Crippen LogP contribution >= 0.6 is 0 Å². The molecule has 0 atom stereocenters. The number of aromatic hydroxyl groups is 1. The van der Waals surface area contributed by atoms with Crippen molar-refractivity contribution in [3.05, 3.63) is 70.0 Å². The number of carbonyl (C=O) groups is 1. The molecule has 1 aromatic heterocycles. The second-order valence-corrected chi connectivity index (χ2v) is 4.43. The highest BCUT2D eigenvalue weighted by atomic mass is 16.6. The summed E-state index contributed by atoms with van der Waals surface area (Å²) < 4.78 is 5.25. The fraction of sp³-hybridized carbons (Fsp3) is 0. The minimum absolute atomic E-state index is 0.0134. The highest BCUT2D eigenvalue weighted by molar-refractivity contribution is 6.17. The quantitative estimate of drug-likeness (QED) is 0.452. The molecule has 0 saturated heterocycles. The smallest absolute Gasteiger partial charge is 0.280 e. The van der Waals surface area contributed by atoms with E-state index in [9.17, 15) is 20.0 Å². The molecular formula is C15H9NO5. The van der Waals surface area contributed by atoms with Gasteiger partial charge in [0.15, 0.2) is 0 Å². The molecule has 0 fully saturated rings. The number of rotatable bonds is 3. The van der Waals surface area contributed by atoms with Crippen LogP contribution in [0.1, 0.15) is 15.9 Å². The van der Waals surface area contributed by atoms with Crippen molar-refractivity contribution in [2.24, 2.45) is 0 Å². The first-order valence-corrected chi connectivity index (χ1v) is 6.06. The van der Waals surface area contributed by atoms with Crippen molar-refractivity contribution in [3.63, 3.8) is 0 Å². The zero-order chi connectivity index (χ0) is 15.0. The summed E-state index contributed by atoms with van der Waals surface area (Å²) >= 11 is 0. The average molecular weight is 283 g/mol. The molecule has 0 radical (unpaired) electrons. The number of nitrogens with zero attached hydrogens (tertiary/aromatic N) is 1. The number of ketones is 1. The van der Waals surface area contributed by atoms with Gasteiger partial charge in [-0.15, -0.1) is 0 Å². The fourth-order valence-electron chi connectivity index (χ4n) is 2.16. The molecule has 6 heteroatoms. The summed E-state index contributed by atoms with van der Waals surface area (Å²) in [5.41, 5.74) is 0.315. The van der Waals surface area contributed by atoms with E-state index in [-0.39, 0.29) is 22.6 Å². The number of fused-ring (bicyclic) bond motifs is 1. The summed E-state index contributed by atoms with van der Waals surface area (Å²) in [5.74, 6) is -0.535. The van der Waals surface area contributed by atoms with Crippen LogP contribution in [-0.2, 0) is 0 Å². The van der Waals surface area contributed by atoms with Gasteiger partial charge in [0.2, 0.25) is 5.78 Å². The van der Waals surface area contributed by atoms with Crippen LogP contribution in [0.3, 0.4) is 0 Å². The molecule has 0 spiro atoms. The number of phenols is 1. The maximum atomic E-state index is 12.5. The third-order valence-electron chi connectivity index (χ3n) is 3.15. The Labute approximate surface area is 118 Å². The molecule has 0 aliphatic heterocycles. The number of benzene rings is 2. The van der Waals surface area contributed by atoms with Gasteiger partial charge in [-0.3, -0.25) is 14.9 Å². The Bertz CT molecular complexity index is 865. The van der Waals surface area contributed by atoms with E-state index in [1.807, 2.05) is 0 Å². The van der Waals surface area contributed by atoms with Crippen molar-refractivity contribution >= 4 is 22.4 Å². The molecule has 0 aliphatic carbocycles. The molecule has 3 aromatic rings. The summed E-state index contributed by atoms with van der Waals surface area (Å²) in [6.07, 6.45) is 1.24. The van der Waals surface area contributed by atoms with E-state index in [2.05, 4.69) is 0 Å². The third kappa shape index (κ3) is 2.12. The monoisotopic (exact) mass is 283 g/mol. The highest BCUT2D eigenvalue weighted by Crippen LogP contribution is 2.29. The van der Waals surface area contributed by atoms with Crippen molar-refractivity contribution in [1.29, 1.82) is 0 Å². The molecule has 0 amide bonds. The Kier molecular flexibility index (Phi) is 2.91. The molecule has 3 rings (SSSR count). The van der Waals surface area contributed by atoms with Gasteiger partial charge in [-0.25, -0.2) is 0 Å². The molecule has 0 saturated carbocycles. The number of nitro groups is 1. The molecule has 0 aliphatic rings. The summed E-state index contributed by atoms with van der Waals surface area (Å²) in [5, 5.41) is 20.9. The zero-order valence-electron chi connectivity index (χ0n) is 10.6. The van der Waals surface area contributed by atoms with Crippen LogP contribution in [-0.4, -0.2) is 15.8 Å². The van der Waals surface area contributed by atoms with E-state index in [4.69, 9.17) is 4.42 Å². The summed E-state index contributed by atoms with van der Waals surface area (Å²) in [6, 6.07) is 10.1. The van der Waals surface area contributed by atoms with Gasteiger partial charge in [0.1, 0.15) is 23.2 Å². The Hall–Kier alpha value is -3.15. The lowest BCUT2D eigenvalue weighted by molar-refractivity contribution is -0.385. The summed E-state index contributed by atoms with van der Waals surface area (Å²) in [7, 11) is 0. The van der Waals surface area contributed by atoms with Crippen molar-refractivity contribution in [1.82, 2.24) is 0 Å². The minimum Gasteiger partial charge on any atom is -0.508 e. The molecule has 1 N–H and O–H groups in total. The van der Waals surface area contributed by atoms with E-state index in [1.165, 1.54) is 42.7 Å². The Morgan fingerprint density at radius 1 is 1.14 bits per heavy atom. The van der Waals surface area contributed by atoms with Crippen LogP contribution in [0.5, 0.6) is 5.75 Å². The molecule has 0 bridgehead atoms. The molecule has 21 heavy (non-hydrogen) atoms. The molecule has 6 nitrogen and oxygen atoms in total. The van der Waals surface area contributed by atoms with E-state index in [0.717, 1.165) is 0 Å². The molecule has 1 heterocycles. The van der Waals surface area contributed by atoms with Gasteiger partial charge >= 0.3 is 0 Å². The van der Waals surface area contributed by atoms with Gasteiger partial charge in [-0.05, 0) is 24.3 Å². The van der Waals surface area contributed by atoms with E-state index in [1.54, 1.807) is 6.07 Å². The van der Waals surface area contributed by atoms with Crippen LogP contribution < -0.4 is 0 Å². The van der Waals surface area contributed by atoms with E-state index >= 15 is 0 Å². The lowest BCUT2D eigenvalue weighted by Crippen LogP contribution is -2.04. The van der Waals surface area contributed by atoms with E-state index < -0.39 is 10.7 Å². The third-order valence-corrected chi connectivity index (χ3v) is 3.15. The van der Waals surface area contributed by atoms with Crippen molar-refractivity contribution in [3.8, 4) is 5.75 Å². The summed E-state index contributed by atoms with van der Waals surface area (Å²) in [4.78, 5) is 22.9. The van der Waals surface area contributed by atoms with Crippen LogP contribution in [0.2, 0.25) is 0 Å². The van der Waals surface area contributed by atoms with Crippen LogP contribution in [0, 0.1) is 10.1 Å². The predicted molar refractivity (Wildman–Crippen MR) is 74.4 cm³/mol. The number of para-hydroxylation sites is 1. The molecule has 104 valence electrons. The van der Waals surface area contributed by atoms with Crippen molar-refractivity contribution in [2.75, 3.05) is 0 Å². The minimum atomic E-state index is -0.604. The number of hydrogen-bond acceptors (Lipinski definition) is 5. The van der Waals surface area contributed by atoms with Gasteiger partial charge in [0, 0.05) is 11.5 Å². The van der Waals surface area contributed by atoms with Crippen molar-refractivity contribution < 1.29 is 19.2 Å². The molecule has 2 aromatic carbocycles.